The van der Waals surface area contributed by atoms with E-state index < -0.39 is 0 Å². The summed E-state index contributed by atoms with van der Waals surface area (Å²) in [6.07, 6.45) is 6.54. The van der Waals surface area contributed by atoms with Crippen LogP contribution in [-0.2, 0) is 7.05 Å². The van der Waals surface area contributed by atoms with Gasteiger partial charge in [-0.15, -0.1) is 10.2 Å². The molecule has 0 aliphatic carbocycles. The lowest BCUT2D eigenvalue weighted by molar-refractivity contribution is 0.377. The van der Waals surface area contributed by atoms with Crippen LogP contribution in [0.5, 0.6) is 5.88 Å². The number of hydrogen-bond acceptors (Lipinski definition) is 8. The number of anilines is 1. The van der Waals surface area contributed by atoms with E-state index in [1.807, 2.05) is 24.3 Å². The van der Waals surface area contributed by atoms with Crippen molar-refractivity contribution in [3.63, 3.8) is 0 Å². The highest BCUT2D eigenvalue weighted by atomic mass is 16.5. The lowest BCUT2D eigenvalue weighted by atomic mass is 10.00. The molecule has 150 valence electrons. The molecule has 5 rings (SSSR count). The summed E-state index contributed by atoms with van der Waals surface area (Å²) in [5.41, 5.74) is 2.90. The third-order valence-corrected chi connectivity index (χ3v) is 5.68. The van der Waals surface area contributed by atoms with Crippen molar-refractivity contribution in [3.05, 3.63) is 30.5 Å². The maximum atomic E-state index is 5.47. The van der Waals surface area contributed by atoms with E-state index >= 15 is 0 Å². The highest BCUT2D eigenvalue weighted by Gasteiger charge is 2.33. The first-order chi connectivity index (χ1) is 14.2. The Balaban J connectivity index is 1.33. The summed E-state index contributed by atoms with van der Waals surface area (Å²) in [6.45, 7) is 0. The third-order valence-electron chi connectivity index (χ3n) is 5.68. The first kappa shape index (κ1) is 18.0. The Bertz CT molecular complexity index is 990. The molecular weight excluding hydrogens is 368 g/mol. The molecule has 0 aromatic carbocycles. The number of rotatable bonds is 5. The zero-order valence-electron chi connectivity index (χ0n) is 16.5. The number of methoxy groups -OCH3 is 1. The molecule has 2 aliphatic rings. The Labute approximate surface area is 168 Å². The first-order valence-corrected chi connectivity index (χ1v) is 9.96. The highest BCUT2D eigenvalue weighted by molar-refractivity contribution is 5.68. The molecule has 0 amide bonds. The van der Waals surface area contributed by atoms with Gasteiger partial charge in [0.05, 0.1) is 24.6 Å². The average molecular weight is 392 g/mol. The van der Waals surface area contributed by atoms with Crippen molar-refractivity contribution in [1.82, 2.24) is 35.5 Å². The Morgan fingerprint density at radius 1 is 1.03 bits per heavy atom. The monoisotopic (exact) mass is 392 g/mol. The molecule has 3 atom stereocenters. The van der Waals surface area contributed by atoms with E-state index in [-0.39, 0.29) is 0 Å². The molecule has 1 unspecified atom stereocenters. The molecule has 2 saturated heterocycles. The Hall–Kier alpha value is -3.07. The van der Waals surface area contributed by atoms with Crippen LogP contribution < -0.4 is 15.4 Å². The largest absolute Gasteiger partial charge is 0.480 e. The summed E-state index contributed by atoms with van der Waals surface area (Å²) in [7, 11) is 3.37. The minimum Gasteiger partial charge on any atom is -0.480 e. The van der Waals surface area contributed by atoms with E-state index in [9.17, 15) is 0 Å². The van der Waals surface area contributed by atoms with E-state index in [0.717, 1.165) is 24.2 Å². The van der Waals surface area contributed by atoms with E-state index in [2.05, 4.69) is 36.0 Å². The van der Waals surface area contributed by atoms with Crippen molar-refractivity contribution < 1.29 is 4.74 Å². The van der Waals surface area contributed by atoms with Gasteiger partial charge in [0.2, 0.25) is 5.88 Å². The Morgan fingerprint density at radius 3 is 2.48 bits per heavy atom. The lowest BCUT2D eigenvalue weighted by Crippen LogP contribution is -2.43. The lowest BCUT2D eigenvalue weighted by Gasteiger charge is -2.29. The Kier molecular flexibility index (Phi) is 4.59. The number of pyridine rings is 1. The standard InChI is InChI=1S/C20H24N8O/c1-28-21-11-18(27-28)15-5-6-16(24-20(15)29-2)17-7-8-19(26-25-17)23-14-9-12-3-4-13(10-14)22-12/h5-8,11-14,22H,3-4,9-10H2,1-2H3,(H,23,26)/t12-,13+,14?. The SMILES string of the molecule is COc1nc(-c2ccc(NC3C[C@H]4CC[C@@H](C3)N4)nn2)ccc1-c1cnn(C)n1. The van der Waals surface area contributed by atoms with E-state index in [1.54, 1.807) is 20.4 Å². The van der Waals surface area contributed by atoms with Crippen LogP contribution in [0, 0.1) is 0 Å². The fourth-order valence-electron chi connectivity index (χ4n) is 4.33. The van der Waals surface area contributed by atoms with Crippen LogP contribution in [0.2, 0.25) is 0 Å². The topological polar surface area (TPSA) is 103 Å². The number of aromatic nitrogens is 6. The number of hydrogen-bond donors (Lipinski definition) is 2. The van der Waals surface area contributed by atoms with Crippen LogP contribution in [0.1, 0.15) is 25.7 Å². The first-order valence-electron chi connectivity index (χ1n) is 9.96. The van der Waals surface area contributed by atoms with Crippen molar-refractivity contribution >= 4 is 5.82 Å². The summed E-state index contributed by atoms with van der Waals surface area (Å²) in [6, 6.07) is 9.47. The van der Waals surface area contributed by atoms with Gasteiger partial charge in [0.1, 0.15) is 17.2 Å². The van der Waals surface area contributed by atoms with Crippen LogP contribution >= 0.6 is 0 Å². The molecule has 2 N–H and O–H groups in total. The molecule has 29 heavy (non-hydrogen) atoms. The molecule has 2 bridgehead atoms. The molecule has 5 heterocycles. The Morgan fingerprint density at radius 2 is 1.83 bits per heavy atom. The molecule has 0 saturated carbocycles. The van der Waals surface area contributed by atoms with Crippen molar-refractivity contribution in [3.8, 4) is 28.5 Å². The summed E-state index contributed by atoms with van der Waals surface area (Å²) in [5, 5.41) is 24.4. The molecule has 2 aliphatic heterocycles. The maximum Gasteiger partial charge on any atom is 0.223 e. The van der Waals surface area contributed by atoms with Gasteiger partial charge in [-0.2, -0.15) is 15.0 Å². The van der Waals surface area contributed by atoms with E-state index in [0.29, 0.717) is 41.1 Å². The van der Waals surface area contributed by atoms with Crippen LogP contribution in [-0.4, -0.2) is 55.4 Å². The predicted molar refractivity (Wildman–Crippen MR) is 108 cm³/mol. The van der Waals surface area contributed by atoms with Gasteiger partial charge >= 0.3 is 0 Å². The molecule has 9 nitrogen and oxygen atoms in total. The number of aryl methyl sites for hydroxylation is 1. The molecule has 0 spiro atoms. The van der Waals surface area contributed by atoms with Crippen molar-refractivity contribution in [2.24, 2.45) is 7.05 Å². The van der Waals surface area contributed by atoms with Crippen molar-refractivity contribution in [2.75, 3.05) is 12.4 Å². The summed E-state index contributed by atoms with van der Waals surface area (Å²) < 4.78 is 5.47. The van der Waals surface area contributed by atoms with Gasteiger partial charge in [0.15, 0.2) is 0 Å². The van der Waals surface area contributed by atoms with Crippen molar-refractivity contribution in [2.45, 2.75) is 43.8 Å². The number of nitrogens with one attached hydrogen (secondary N) is 2. The van der Waals surface area contributed by atoms with Crippen LogP contribution in [0.15, 0.2) is 30.5 Å². The molecule has 9 heteroatoms. The van der Waals surface area contributed by atoms with E-state index in [4.69, 9.17) is 4.74 Å². The van der Waals surface area contributed by atoms with Gasteiger partial charge < -0.3 is 15.4 Å². The third kappa shape index (κ3) is 3.65. The smallest absolute Gasteiger partial charge is 0.223 e. The molecule has 0 radical (unpaired) electrons. The minimum atomic E-state index is 0.457. The van der Waals surface area contributed by atoms with Gasteiger partial charge in [-0.25, -0.2) is 4.98 Å². The highest BCUT2D eigenvalue weighted by Crippen LogP contribution is 2.30. The molecular formula is C20H24N8O. The number of nitrogens with zero attached hydrogens (tertiary/aromatic N) is 6. The minimum absolute atomic E-state index is 0.457. The van der Waals surface area contributed by atoms with Gasteiger partial charge in [0.25, 0.3) is 0 Å². The molecule has 3 aromatic heterocycles. The van der Waals surface area contributed by atoms with Crippen molar-refractivity contribution in [1.29, 1.82) is 0 Å². The number of fused-ring (bicyclic) bond motifs is 2. The zero-order valence-corrected chi connectivity index (χ0v) is 16.5. The second kappa shape index (κ2) is 7.40. The fourth-order valence-corrected chi connectivity index (χ4v) is 4.33. The second-order valence-electron chi connectivity index (χ2n) is 7.73. The second-order valence-corrected chi connectivity index (χ2v) is 7.73. The number of ether oxygens (including phenoxy) is 1. The average Bonchev–Trinajstić information content (AvgIpc) is 3.32. The quantitative estimate of drug-likeness (QED) is 0.680. The maximum absolute atomic E-state index is 5.47. The fraction of sp³-hybridized carbons (Fsp3) is 0.450. The van der Waals surface area contributed by atoms with Crippen LogP contribution in [0.4, 0.5) is 5.82 Å². The number of piperidine rings is 1. The van der Waals surface area contributed by atoms with Gasteiger partial charge in [-0.1, -0.05) is 0 Å². The van der Waals surface area contributed by atoms with Crippen LogP contribution in [0.25, 0.3) is 22.6 Å². The van der Waals surface area contributed by atoms with Gasteiger partial charge in [-0.05, 0) is 49.9 Å². The van der Waals surface area contributed by atoms with E-state index in [1.165, 1.54) is 17.6 Å². The molecule has 3 aromatic rings. The summed E-state index contributed by atoms with van der Waals surface area (Å²) in [5.74, 6) is 1.29. The summed E-state index contributed by atoms with van der Waals surface area (Å²) in [4.78, 5) is 6.10. The van der Waals surface area contributed by atoms with Crippen LogP contribution in [0.3, 0.4) is 0 Å². The van der Waals surface area contributed by atoms with Gasteiger partial charge in [0, 0.05) is 25.2 Å². The summed E-state index contributed by atoms with van der Waals surface area (Å²) >= 11 is 0. The zero-order chi connectivity index (χ0) is 19.8. The predicted octanol–water partition coefficient (Wildman–Crippen LogP) is 2.04. The van der Waals surface area contributed by atoms with Gasteiger partial charge in [-0.3, -0.25) is 0 Å². The molecule has 2 fully saturated rings. The normalized spacial score (nSPS) is 23.2.